The predicted octanol–water partition coefficient (Wildman–Crippen LogP) is 6.58. The van der Waals surface area contributed by atoms with Crippen LogP contribution in [0.1, 0.15) is 42.0 Å². The molecule has 5 nitrogen and oxygen atoms in total. The highest BCUT2D eigenvalue weighted by Gasteiger charge is 2.40. The number of hydrogen-bond acceptors (Lipinski definition) is 7. The Balaban J connectivity index is 2.23. The molecule has 0 amide bonds. The number of thiazole rings is 2. The molecular formula is C22H18F3N3O2S2. The van der Waals surface area contributed by atoms with Crippen LogP contribution >= 0.6 is 22.7 Å². The van der Waals surface area contributed by atoms with Gasteiger partial charge in [0.15, 0.2) is 11.5 Å². The van der Waals surface area contributed by atoms with Gasteiger partial charge in [-0.2, -0.15) is 18.4 Å². The van der Waals surface area contributed by atoms with E-state index in [9.17, 15) is 23.2 Å². The van der Waals surface area contributed by atoms with Crippen molar-refractivity contribution in [1.29, 1.82) is 5.26 Å². The topological polar surface area (TPSA) is 75.9 Å². The molecular weight excluding hydrogens is 459 g/mol. The molecule has 32 heavy (non-hydrogen) atoms. The van der Waals surface area contributed by atoms with Crippen LogP contribution in [-0.4, -0.2) is 15.9 Å². The monoisotopic (exact) mass is 477 g/mol. The van der Waals surface area contributed by atoms with Crippen LogP contribution in [0, 0.1) is 23.7 Å². The van der Waals surface area contributed by atoms with E-state index >= 15 is 0 Å². The van der Waals surface area contributed by atoms with E-state index in [0.717, 1.165) is 5.56 Å². The molecule has 0 bridgehead atoms. The number of esters is 1. The number of nitrogens with zero attached hydrogens (tertiary/aromatic N) is 3. The lowest BCUT2D eigenvalue weighted by atomic mass is 9.97. The van der Waals surface area contributed by atoms with E-state index in [-0.39, 0.29) is 16.3 Å². The van der Waals surface area contributed by atoms with Gasteiger partial charge in [0.05, 0.1) is 16.1 Å². The lowest BCUT2D eigenvalue weighted by Crippen LogP contribution is -2.23. The van der Waals surface area contributed by atoms with Crippen molar-refractivity contribution in [2.75, 3.05) is 0 Å². The summed E-state index contributed by atoms with van der Waals surface area (Å²) >= 11 is 1.93. The smallest absolute Gasteiger partial charge is 0.423 e. The molecule has 0 fully saturated rings. The fourth-order valence-electron chi connectivity index (χ4n) is 2.56. The van der Waals surface area contributed by atoms with E-state index in [1.165, 1.54) is 18.3 Å². The number of aryl methyl sites for hydroxylation is 1. The minimum Gasteiger partial charge on any atom is -0.423 e. The molecule has 3 rings (SSSR count). The number of hydrogen-bond donors (Lipinski definition) is 0. The van der Waals surface area contributed by atoms with E-state index < -0.39 is 33.9 Å². The summed E-state index contributed by atoms with van der Waals surface area (Å²) in [6.45, 7) is 6.11. The zero-order valence-electron chi connectivity index (χ0n) is 17.6. The van der Waals surface area contributed by atoms with Crippen molar-refractivity contribution in [2.45, 2.75) is 33.9 Å². The maximum absolute atomic E-state index is 13.7. The predicted molar refractivity (Wildman–Crippen MR) is 117 cm³/mol. The van der Waals surface area contributed by atoms with Crippen LogP contribution in [0.3, 0.4) is 0 Å². The molecule has 0 spiro atoms. The van der Waals surface area contributed by atoms with Gasteiger partial charge in [-0.25, -0.2) is 9.97 Å². The SMILES string of the molecule is Cc1nc(C(F)(F)F)c(C(OC(=O)C(C)(C)C)=C(C#N)c2csc(-c3ccccc3)n2)s1. The molecule has 0 saturated heterocycles. The Labute approximate surface area is 190 Å². The fourth-order valence-corrected chi connectivity index (χ4v) is 4.30. The van der Waals surface area contributed by atoms with Gasteiger partial charge in [-0.1, -0.05) is 30.3 Å². The average molecular weight is 478 g/mol. The second-order valence-corrected chi connectivity index (χ2v) is 9.83. The van der Waals surface area contributed by atoms with Crippen LogP contribution in [-0.2, 0) is 15.7 Å². The van der Waals surface area contributed by atoms with Gasteiger partial charge < -0.3 is 4.74 Å². The van der Waals surface area contributed by atoms with Crippen LogP contribution in [0.25, 0.3) is 21.9 Å². The van der Waals surface area contributed by atoms with Crippen LogP contribution in [0.2, 0.25) is 0 Å². The summed E-state index contributed by atoms with van der Waals surface area (Å²) in [6, 6.07) is 11.0. The summed E-state index contributed by atoms with van der Waals surface area (Å²) in [6.07, 6.45) is -4.79. The van der Waals surface area contributed by atoms with Crippen LogP contribution in [0.15, 0.2) is 35.7 Å². The molecule has 0 aliphatic heterocycles. The number of carbonyl (C=O) groups excluding carboxylic acids is 1. The third-order valence-corrected chi connectivity index (χ3v) is 6.00. The fraction of sp³-hybridized carbons (Fsp3) is 0.273. The molecule has 0 N–H and O–H groups in total. The van der Waals surface area contributed by atoms with Crippen LogP contribution in [0.5, 0.6) is 0 Å². The average Bonchev–Trinajstić information content (AvgIpc) is 3.34. The molecule has 0 aliphatic carbocycles. The first-order valence-electron chi connectivity index (χ1n) is 9.34. The van der Waals surface area contributed by atoms with Gasteiger partial charge in [0.2, 0.25) is 0 Å². The number of ether oxygens (including phenoxy) is 1. The van der Waals surface area contributed by atoms with Gasteiger partial charge in [0.25, 0.3) is 0 Å². The molecule has 0 radical (unpaired) electrons. The summed E-state index contributed by atoms with van der Waals surface area (Å²) in [7, 11) is 0. The van der Waals surface area contributed by atoms with Crippen LogP contribution < -0.4 is 0 Å². The van der Waals surface area contributed by atoms with Gasteiger partial charge in [-0.15, -0.1) is 22.7 Å². The zero-order valence-corrected chi connectivity index (χ0v) is 19.2. The second-order valence-electron chi connectivity index (χ2n) is 7.77. The molecule has 1 aromatic carbocycles. The maximum Gasteiger partial charge on any atom is 0.434 e. The van der Waals surface area contributed by atoms with Crippen molar-refractivity contribution in [3.05, 3.63) is 57.0 Å². The van der Waals surface area contributed by atoms with Gasteiger partial charge in [-0.3, -0.25) is 4.79 Å². The molecule has 10 heteroatoms. The Kier molecular flexibility index (Phi) is 6.53. The van der Waals surface area contributed by atoms with Crippen molar-refractivity contribution in [1.82, 2.24) is 9.97 Å². The Bertz CT molecular complexity index is 1210. The molecule has 0 aliphatic rings. The summed E-state index contributed by atoms with van der Waals surface area (Å²) in [5.74, 6) is -1.27. The molecule has 0 atom stereocenters. The van der Waals surface area contributed by atoms with Gasteiger partial charge in [0, 0.05) is 10.9 Å². The molecule has 2 aromatic heterocycles. The highest BCUT2D eigenvalue weighted by Crippen LogP contribution is 2.42. The molecule has 2 heterocycles. The Morgan fingerprint density at radius 3 is 2.34 bits per heavy atom. The minimum atomic E-state index is -4.79. The molecule has 0 unspecified atom stereocenters. The number of aromatic nitrogens is 2. The van der Waals surface area contributed by atoms with Gasteiger partial charge >= 0.3 is 12.1 Å². The number of carbonyl (C=O) groups is 1. The summed E-state index contributed by atoms with van der Waals surface area (Å²) in [5.41, 5.74) is -1.58. The van der Waals surface area contributed by atoms with E-state index in [0.29, 0.717) is 16.3 Å². The van der Waals surface area contributed by atoms with Crippen molar-refractivity contribution < 1.29 is 22.7 Å². The Hall–Kier alpha value is -3.03. The normalized spacial score (nSPS) is 12.8. The van der Waals surface area contributed by atoms with Crippen molar-refractivity contribution in [2.24, 2.45) is 5.41 Å². The van der Waals surface area contributed by atoms with Crippen molar-refractivity contribution in [3.8, 4) is 16.6 Å². The van der Waals surface area contributed by atoms with Crippen molar-refractivity contribution >= 4 is 40.0 Å². The van der Waals surface area contributed by atoms with E-state index in [2.05, 4.69) is 9.97 Å². The summed E-state index contributed by atoms with van der Waals surface area (Å²) in [4.78, 5) is 20.2. The Morgan fingerprint density at radius 1 is 1.12 bits per heavy atom. The van der Waals surface area contributed by atoms with E-state index in [4.69, 9.17) is 4.74 Å². The summed E-state index contributed by atoms with van der Waals surface area (Å²) in [5, 5.41) is 12.1. The number of alkyl halides is 3. The number of benzene rings is 1. The molecule has 166 valence electrons. The lowest BCUT2D eigenvalue weighted by Gasteiger charge is -2.19. The first kappa shape index (κ1) is 23.6. The Morgan fingerprint density at radius 2 is 1.78 bits per heavy atom. The first-order valence-corrected chi connectivity index (χ1v) is 11.0. The minimum absolute atomic E-state index is 0.118. The highest BCUT2D eigenvalue weighted by molar-refractivity contribution is 7.13. The second kappa shape index (κ2) is 8.84. The number of halogens is 3. The van der Waals surface area contributed by atoms with E-state index in [1.807, 2.05) is 36.4 Å². The number of rotatable bonds is 4. The maximum atomic E-state index is 13.7. The lowest BCUT2D eigenvalue weighted by molar-refractivity contribution is -0.146. The highest BCUT2D eigenvalue weighted by atomic mass is 32.1. The quantitative estimate of drug-likeness (QED) is 0.241. The van der Waals surface area contributed by atoms with Gasteiger partial charge in [-0.05, 0) is 27.7 Å². The largest absolute Gasteiger partial charge is 0.434 e. The first-order chi connectivity index (χ1) is 14.9. The zero-order chi connectivity index (χ0) is 23.7. The number of nitriles is 1. The van der Waals surface area contributed by atoms with E-state index in [1.54, 1.807) is 26.2 Å². The summed E-state index contributed by atoms with van der Waals surface area (Å²) < 4.78 is 46.4. The standard InChI is InChI=1S/C22H18F3N3O2S2/c1-12-27-18(22(23,24)25)17(32-12)16(30-20(29)21(2,3)4)14(10-26)15-11-31-19(28-15)13-8-6-5-7-9-13/h5-9,11H,1-4H3. The third kappa shape index (κ3) is 5.06. The van der Waals surface area contributed by atoms with Crippen LogP contribution in [0.4, 0.5) is 13.2 Å². The van der Waals surface area contributed by atoms with Gasteiger partial charge in [0.1, 0.15) is 21.5 Å². The third-order valence-electron chi connectivity index (χ3n) is 4.14. The number of allylic oxidation sites excluding steroid dienone is 1. The molecule has 3 aromatic rings. The molecule has 0 saturated carbocycles. The van der Waals surface area contributed by atoms with Crippen molar-refractivity contribution in [3.63, 3.8) is 0 Å².